The fraction of sp³-hybridized carbons (Fsp3) is 0.500. The SMILES string of the molecule is CC1(C(=O)Cc2ccc(F)cc2Cl)CCCC1N. The van der Waals surface area contributed by atoms with Crippen LogP contribution in [0.4, 0.5) is 4.39 Å². The summed E-state index contributed by atoms with van der Waals surface area (Å²) >= 11 is 5.94. The second kappa shape index (κ2) is 4.98. The summed E-state index contributed by atoms with van der Waals surface area (Å²) in [6.07, 6.45) is 2.93. The van der Waals surface area contributed by atoms with Gasteiger partial charge in [-0.3, -0.25) is 4.79 Å². The molecule has 0 spiro atoms. The Hall–Kier alpha value is -0.930. The lowest BCUT2D eigenvalue weighted by Gasteiger charge is -2.27. The van der Waals surface area contributed by atoms with E-state index in [2.05, 4.69) is 0 Å². The number of benzene rings is 1. The second-order valence-electron chi connectivity index (χ2n) is 5.25. The Labute approximate surface area is 111 Å². The highest BCUT2D eigenvalue weighted by molar-refractivity contribution is 6.31. The maximum Gasteiger partial charge on any atom is 0.144 e. The van der Waals surface area contributed by atoms with Crippen LogP contribution < -0.4 is 5.73 Å². The minimum atomic E-state index is -0.461. The van der Waals surface area contributed by atoms with Crippen LogP contribution in [-0.2, 0) is 11.2 Å². The molecule has 0 saturated heterocycles. The zero-order chi connectivity index (χ0) is 13.3. The van der Waals surface area contributed by atoms with Crippen molar-refractivity contribution in [2.75, 3.05) is 0 Å². The maximum absolute atomic E-state index is 12.9. The van der Waals surface area contributed by atoms with Crippen molar-refractivity contribution in [3.05, 3.63) is 34.6 Å². The third-order valence-electron chi connectivity index (χ3n) is 4.03. The molecule has 18 heavy (non-hydrogen) atoms. The van der Waals surface area contributed by atoms with Gasteiger partial charge in [-0.05, 0) is 30.5 Å². The number of hydrogen-bond donors (Lipinski definition) is 1. The lowest BCUT2D eigenvalue weighted by Crippen LogP contribution is -2.41. The highest BCUT2D eigenvalue weighted by Gasteiger charge is 2.42. The smallest absolute Gasteiger partial charge is 0.144 e. The second-order valence-corrected chi connectivity index (χ2v) is 5.66. The van der Waals surface area contributed by atoms with Crippen molar-refractivity contribution in [1.82, 2.24) is 0 Å². The monoisotopic (exact) mass is 269 g/mol. The largest absolute Gasteiger partial charge is 0.327 e. The van der Waals surface area contributed by atoms with E-state index >= 15 is 0 Å². The van der Waals surface area contributed by atoms with Gasteiger partial charge in [-0.15, -0.1) is 0 Å². The first-order valence-electron chi connectivity index (χ1n) is 6.16. The van der Waals surface area contributed by atoms with Gasteiger partial charge in [0.05, 0.1) is 0 Å². The Kier molecular flexibility index (Phi) is 3.74. The van der Waals surface area contributed by atoms with Crippen molar-refractivity contribution in [2.45, 2.75) is 38.6 Å². The van der Waals surface area contributed by atoms with E-state index in [-0.39, 0.29) is 24.1 Å². The fourth-order valence-corrected chi connectivity index (χ4v) is 2.81. The molecule has 2 rings (SSSR count). The molecule has 98 valence electrons. The van der Waals surface area contributed by atoms with Crippen molar-refractivity contribution in [2.24, 2.45) is 11.1 Å². The molecule has 0 aliphatic heterocycles. The molecule has 1 aromatic carbocycles. The maximum atomic E-state index is 12.9. The van der Waals surface area contributed by atoms with Crippen LogP contribution in [-0.4, -0.2) is 11.8 Å². The summed E-state index contributed by atoms with van der Waals surface area (Å²) in [6.45, 7) is 1.92. The molecule has 4 heteroatoms. The summed E-state index contributed by atoms with van der Waals surface area (Å²) in [5.74, 6) is -0.291. The summed E-state index contributed by atoms with van der Waals surface area (Å²) in [5, 5.41) is 0.304. The zero-order valence-electron chi connectivity index (χ0n) is 10.4. The standard InChI is InChI=1S/C14H17ClFNO/c1-14(6-2-3-12(14)17)13(18)7-9-4-5-10(16)8-11(9)15/h4-5,8,12H,2-3,6-7,17H2,1H3. The molecular weight excluding hydrogens is 253 g/mol. The lowest BCUT2D eigenvalue weighted by atomic mass is 9.78. The predicted molar refractivity (Wildman–Crippen MR) is 70.1 cm³/mol. The molecule has 1 aliphatic carbocycles. The quantitative estimate of drug-likeness (QED) is 0.916. The molecule has 2 atom stereocenters. The number of carbonyl (C=O) groups is 1. The molecule has 0 amide bonds. The van der Waals surface area contributed by atoms with E-state index in [4.69, 9.17) is 17.3 Å². The number of rotatable bonds is 3. The average molecular weight is 270 g/mol. The molecule has 0 radical (unpaired) electrons. The van der Waals surface area contributed by atoms with Gasteiger partial charge in [-0.1, -0.05) is 31.0 Å². The van der Waals surface area contributed by atoms with Crippen LogP contribution in [0.25, 0.3) is 0 Å². The molecule has 1 saturated carbocycles. The van der Waals surface area contributed by atoms with Gasteiger partial charge < -0.3 is 5.73 Å². The fourth-order valence-electron chi connectivity index (χ4n) is 2.58. The third kappa shape index (κ3) is 2.43. The Morgan fingerprint density at radius 3 is 2.89 bits per heavy atom. The summed E-state index contributed by atoms with van der Waals surface area (Å²) in [5.41, 5.74) is 6.23. The van der Waals surface area contributed by atoms with Gasteiger partial charge >= 0.3 is 0 Å². The highest BCUT2D eigenvalue weighted by Crippen LogP contribution is 2.38. The first-order valence-corrected chi connectivity index (χ1v) is 6.54. The number of halogens is 2. The minimum Gasteiger partial charge on any atom is -0.327 e. The molecule has 2 nitrogen and oxygen atoms in total. The topological polar surface area (TPSA) is 43.1 Å². The third-order valence-corrected chi connectivity index (χ3v) is 4.38. The van der Waals surface area contributed by atoms with Crippen LogP contribution in [0.15, 0.2) is 18.2 Å². The first-order chi connectivity index (χ1) is 8.43. The Morgan fingerprint density at radius 1 is 1.61 bits per heavy atom. The minimum absolute atomic E-state index is 0.0794. The van der Waals surface area contributed by atoms with E-state index < -0.39 is 5.41 Å². The number of nitrogens with two attached hydrogens (primary N) is 1. The van der Waals surface area contributed by atoms with Gasteiger partial charge in [-0.25, -0.2) is 4.39 Å². The van der Waals surface area contributed by atoms with Gasteiger partial charge in [0.25, 0.3) is 0 Å². The molecule has 0 heterocycles. The van der Waals surface area contributed by atoms with Crippen LogP contribution in [0, 0.1) is 11.2 Å². The van der Waals surface area contributed by atoms with Crippen LogP contribution in [0.3, 0.4) is 0 Å². The molecular formula is C14H17ClFNO. The van der Waals surface area contributed by atoms with Gasteiger partial charge in [0.15, 0.2) is 0 Å². The van der Waals surface area contributed by atoms with Crippen molar-refractivity contribution >= 4 is 17.4 Å². The van der Waals surface area contributed by atoms with E-state index in [1.54, 1.807) is 6.07 Å². The number of Topliss-reactive ketones (excluding diaryl/α,β-unsaturated/α-hetero) is 1. The summed E-state index contributed by atoms with van der Waals surface area (Å²) in [4.78, 5) is 12.4. The average Bonchev–Trinajstić information content (AvgIpc) is 2.64. The molecule has 1 aliphatic rings. The summed E-state index contributed by atoms with van der Waals surface area (Å²) < 4.78 is 12.9. The Balaban J connectivity index is 2.16. The highest BCUT2D eigenvalue weighted by atomic mass is 35.5. The molecule has 1 aromatic rings. The lowest BCUT2D eigenvalue weighted by molar-refractivity contribution is -0.127. The predicted octanol–water partition coefficient (Wildman–Crippen LogP) is 3.11. The van der Waals surface area contributed by atoms with Crippen molar-refractivity contribution in [3.8, 4) is 0 Å². The Morgan fingerprint density at radius 2 is 2.33 bits per heavy atom. The van der Waals surface area contributed by atoms with Crippen molar-refractivity contribution < 1.29 is 9.18 Å². The summed E-state index contributed by atoms with van der Waals surface area (Å²) in [6, 6.07) is 4.05. The van der Waals surface area contributed by atoms with Gasteiger partial charge in [0.2, 0.25) is 0 Å². The molecule has 1 fully saturated rings. The van der Waals surface area contributed by atoms with Gasteiger partial charge in [0.1, 0.15) is 11.6 Å². The van der Waals surface area contributed by atoms with Crippen molar-refractivity contribution in [3.63, 3.8) is 0 Å². The number of carbonyl (C=O) groups excluding carboxylic acids is 1. The Bertz CT molecular complexity index is 477. The zero-order valence-corrected chi connectivity index (χ0v) is 11.1. The van der Waals surface area contributed by atoms with Crippen LogP contribution >= 0.6 is 11.6 Å². The van der Waals surface area contributed by atoms with E-state index in [0.29, 0.717) is 10.6 Å². The van der Waals surface area contributed by atoms with E-state index in [1.165, 1.54) is 12.1 Å². The van der Waals surface area contributed by atoms with E-state index in [1.807, 2.05) is 6.92 Å². The molecule has 0 bridgehead atoms. The van der Waals surface area contributed by atoms with Gasteiger partial charge in [-0.2, -0.15) is 0 Å². The van der Waals surface area contributed by atoms with E-state index in [9.17, 15) is 9.18 Å². The summed E-state index contributed by atoms with van der Waals surface area (Å²) in [7, 11) is 0. The molecule has 0 aromatic heterocycles. The van der Waals surface area contributed by atoms with Crippen LogP contribution in [0.1, 0.15) is 31.7 Å². The van der Waals surface area contributed by atoms with Crippen LogP contribution in [0.2, 0.25) is 5.02 Å². The van der Waals surface area contributed by atoms with Crippen LogP contribution in [0.5, 0.6) is 0 Å². The van der Waals surface area contributed by atoms with E-state index in [0.717, 1.165) is 19.3 Å². The molecule has 2 unspecified atom stereocenters. The first kappa shape index (κ1) is 13.5. The number of ketones is 1. The normalized spacial score (nSPS) is 27.4. The van der Waals surface area contributed by atoms with Crippen molar-refractivity contribution in [1.29, 1.82) is 0 Å². The number of hydrogen-bond acceptors (Lipinski definition) is 2. The molecule has 2 N–H and O–H groups in total. The van der Waals surface area contributed by atoms with Gasteiger partial charge in [0, 0.05) is 22.9 Å².